The molecule has 0 aliphatic rings. The van der Waals surface area contributed by atoms with Crippen molar-refractivity contribution in [1.82, 2.24) is 4.40 Å². The predicted octanol–water partition coefficient (Wildman–Crippen LogP) is 5.45. The van der Waals surface area contributed by atoms with Gasteiger partial charge in [-0.25, -0.2) is 4.79 Å². The van der Waals surface area contributed by atoms with E-state index in [4.69, 9.17) is 4.74 Å². The summed E-state index contributed by atoms with van der Waals surface area (Å²) in [6.07, 6.45) is 1.97. The normalized spacial score (nSPS) is 10.8. The summed E-state index contributed by atoms with van der Waals surface area (Å²) in [5.41, 5.74) is 5.83. The maximum absolute atomic E-state index is 12.3. The first kappa shape index (κ1) is 16.2. The number of esters is 1. The van der Waals surface area contributed by atoms with Crippen molar-refractivity contribution in [2.24, 2.45) is 0 Å². The van der Waals surface area contributed by atoms with Gasteiger partial charge >= 0.3 is 5.97 Å². The highest BCUT2D eigenvalue weighted by molar-refractivity contribution is 5.99. The molecule has 0 aliphatic carbocycles. The second-order valence-corrected chi connectivity index (χ2v) is 6.06. The number of hydrogen-bond acceptors (Lipinski definition) is 2. The van der Waals surface area contributed by atoms with Crippen LogP contribution in [0.15, 0.2) is 85.1 Å². The zero-order valence-electron chi connectivity index (χ0n) is 14.6. The molecule has 3 nitrogen and oxygen atoms in total. The van der Waals surface area contributed by atoms with Crippen LogP contribution in [0, 0.1) is 0 Å². The maximum Gasteiger partial charge on any atom is 0.340 e. The van der Waals surface area contributed by atoms with E-state index in [2.05, 4.69) is 36.4 Å². The minimum absolute atomic E-state index is 0.289. The lowest BCUT2D eigenvalue weighted by atomic mass is 10.0. The molecule has 2 aromatic heterocycles. The van der Waals surface area contributed by atoms with Gasteiger partial charge in [0.05, 0.1) is 23.4 Å². The van der Waals surface area contributed by atoms with E-state index in [1.807, 2.05) is 60.0 Å². The van der Waals surface area contributed by atoms with Crippen LogP contribution in [-0.4, -0.2) is 17.0 Å². The van der Waals surface area contributed by atoms with E-state index < -0.39 is 0 Å². The molecule has 0 N–H and O–H groups in total. The van der Waals surface area contributed by atoms with Crippen LogP contribution in [-0.2, 0) is 4.74 Å². The summed E-state index contributed by atoms with van der Waals surface area (Å²) in [5, 5.41) is 0. The standard InChI is InChI=1S/C23H19NO2/c1-2-26-23(25)20-16-22(24-15-7-6-10-21(20)24)19-13-11-18(12-14-19)17-8-4-3-5-9-17/h3-16H,2H2,1H3. The molecule has 128 valence electrons. The molecule has 0 fully saturated rings. The van der Waals surface area contributed by atoms with Crippen LogP contribution in [0.1, 0.15) is 17.3 Å². The van der Waals surface area contributed by atoms with E-state index in [1.54, 1.807) is 0 Å². The molecule has 0 bridgehead atoms. The molecule has 0 atom stereocenters. The van der Waals surface area contributed by atoms with E-state index in [-0.39, 0.29) is 5.97 Å². The fourth-order valence-corrected chi connectivity index (χ4v) is 3.21. The minimum Gasteiger partial charge on any atom is -0.462 e. The maximum atomic E-state index is 12.3. The lowest BCUT2D eigenvalue weighted by Gasteiger charge is -2.05. The number of fused-ring (bicyclic) bond motifs is 1. The average Bonchev–Trinajstić information content (AvgIpc) is 3.09. The Morgan fingerprint density at radius 1 is 0.846 bits per heavy atom. The second-order valence-electron chi connectivity index (χ2n) is 6.06. The predicted molar refractivity (Wildman–Crippen MR) is 104 cm³/mol. The number of rotatable bonds is 4. The van der Waals surface area contributed by atoms with Gasteiger partial charge in [-0.05, 0) is 41.8 Å². The van der Waals surface area contributed by atoms with Crippen molar-refractivity contribution >= 4 is 11.5 Å². The van der Waals surface area contributed by atoms with Crippen LogP contribution in [0.25, 0.3) is 27.9 Å². The summed E-state index contributed by atoms with van der Waals surface area (Å²) in [7, 11) is 0. The first-order valence-corrected chi connectivity index (χ1v) is 8.71. The highest BCUT2D eigenvalue weighted by atomic mass is 16.5. The molecular weight excluding hydrogens is 322 g/mol. The Hall–Kier alpha value is -3.33. The molecule has 0 saturated heterocycles. The summed E-state index contributed by atoms with van der Waals surface area (Å²) in [5.74, 6) is -0.289. The average molecular weight is 341 g/mol. The van der Waals surface area contributed by atoms with E-state index in [0.717, 1.165) is 16.8 Å². The van der Waals surface area contributed by atoms with Crippen molar-refractivity contribution in [2.75, 3.05) is 6.61 Å². The lowest BCUT2D eigenvalue weighted by molar-refractivity contribution is 0.0529. The molecule has 0 unspecified atom stereocenters. The summed E-state index contributed by atoms with van der Waals surface area (Å²) in [6, 6.07) is 26.4. The Bertz CT molecular complexity index is 1050. The van der Waals surface area contributed by atoms with Crippen LogP contribution in [0.3, 0.4) is 0 Å². The van der Waals surface area contributed by atoms with Crippen molar-refractivity contribution in [3.63, 3.8) is 0 Å². The molecule has 4 aromatic rings. The van der Waals surface area contributed by atoms with Gasteiger partial charge in [0.2, 0.25) is 0 Å². The highest BCUT2D eigenvalue weighted by Crippen LogP contribution is 2.29. The third-order valence-corrected chi connectivity index (χ3v) is 4.46. The molecule has 2 aromatic carbocycles. The van der Waals surface area contributed by atoms with E-state index in [0.29, 0.717) is 12.2 Å². The van der Waals surface area contributed by atoms with Gasteiger partial charge in [0, 0.05) is 6.20 Å². The van der Waals surface area contributed by atoms with Crippen molar-refractivity contribution in [1.29, 1.82) is 0 Å². The Balaban J connectivity index is 1.78. The monoisotopic (exact) mass is 341 g/mol. The highest BCUT2D eigenvalue weighted by Gasteiger charge is 2.17. The number of hydrogen-bond donors (Lipinski definition) is 0. The topological polar surface area (TPSA) is 30.7 Å². The molecule has 3 heteroatoms. The quantitative estimate of drug-likeness (QED) is 0.462. The van der Waals surface area contributed by atoms with Gasteiger partial charge in [-0.1, -0.05) is 60.7 Å². The largest absolute Gasteiger partial charge is 0.462 e. The number of pyridine rings is 1. The Morgan fingerprint density at radius 3 is 2.23 bits per heavy atom. The molecule has 26 heavy (non-hydrogen) atoms. The van der Waals surface area contributed by atoms with E-state index >= 15 is 0 Å². The minimum atomic E-state index is -0.289. The van der Waals surface area contributed by atoms with Gasteiger partial charge in [0.15, 0.2) is 0 Å². The molecule has 4 rings (SSSR count). The van der Waals surface area contributed by atoms with Gasteiger partial charge < -0.3 is 9.14 Å². The first-order valence-electron chi connectivity index (χ1n) is 8.71. The van der Waals surface area contributed by atoms with Gasteiger partial charge in [-0.2, -0.15) is 0 Å². The van der Waals surface area contributed by atoms with Crippen LogP contribution in [0.5, 0.6) is 0 Å². The molecule has 0 radical (unpaired) electrons. The number of aromatic nitrogens is 1. The second kappa shape index (κ2) is 6.89. The van der Waals surface area contributed by atoms with Crippen molar-refractivity contribution in [3.05, 3.63) is 90.6 Å². The van der Waals surface area contributed by atoms with Crippen LogP contribution in [0.4, 0.5) is 0 Å². The molecule has 0 saturated carbocycles. The van der Waals surface area contributed by atoms with Crippen molar-refractivity contribution < 1.29 is 9.53 Å². The van der Waals surface area contributed by atoms with Gasteiger partial charge in [-0.3, -0.25) is 0 Å². The zero-order chi connectivity index (χ0) is 17.9. The third kappa shape index (κ3) is 2.88. The molecule has 2 heterocycles. The summed E-state index contributed by atoms with van der Waals surface area (Å²) >= 11 is 0. The summed E-state index contributed by atoms with van der Waals surface area (Å²) in [4.78, 5) is 12.3. The van der Waals surface area contributed by atoms with Gasteiger partial charge in [0.1, 0.15) is 0 Å². The summed E-state index contributed by atoms with van der Waals surface area (Å²) < 4.78 is 7.24. The van der Waals surface area contributed by atoms with Gasteiger partial charge in [-0.15, -0.1) is 0 Å². The number of carbonyl (C=O) groups is 1. The first-order chi connectivity index (χ1) is 12.8. The van der Waals surface area contributed by atoms with Crippen LogP contribution < -0.4 is 0 Å². The zero-order valence-corrected chi connectivity index (χ0v) is 14.6. The lowest BCUT2D eigenvalue weighted by Crippen LogP contribution is -2.03. The Kier molecular flexibility index (Phi) is 4.28. The van der Waals surface area contributed by atoms with Crippen LogP contribution >= 0.6 is 0 Å². The SMILES string of the molecule is CCOC(=O)c1cc(-c2ccc(-c3ccccc3)cc2)n2ccccc12. The fourth-order valence-electron chi connectivity index (χ4n) is 3.21. The number of benzene rings is 2. The van der Waals surface area contributed by atoms with E-state index in [1.165, 1.54) is 11.1 Å². The smallest absolute Gasteiger partial charge is 0.340 e. The summed E-state index contributed by atoms with van der Waals surface area (Å²) in [6.45, 7) is 2.18. The fraction of sp³-hybridized carbons (Fsp3) is 0.0870. The molecule has 0 aliphatic heterocycles. The van der Waals surface area contributed by atoms with Crippen LogP contribution in [0.2, 0.25) is 0 Å². The molecule has 0 spiro atoms. The Labute approximate surface area is 152 Å². The number of ether oxygens (including phenoxy) is 1. The third-order valence-electron chi connectivity index (χ3n) is 4.46. The molecule has 0 amide bonds. The number of nitrogens with zero attached hydrogens (tertiary/aromatic N) is 1. The van der Waals surface area contributed by atoms with E-state index in [9.17, 15) is 4.79 Å². The van der Waals surface area contributed by atoms with Gasteiger partial charge in [0.25, 0.3) is 0 Å². The number of carbonyl (C=O) groups excluding carboxylic acids is 1. The van der Waals surface area contributed by atoms with Crippen molar-refractivity contribution in [3.8, 4) is 22.4 Å². The molecular formula is C23H19NO2. The Morgan fingerprint density at radius 2 is 1.50 bits per heavy atom. The van der Waals surface area contributed by atoms with Crippen molar-refractivity contribution in [2.45, 2.75) is 6.92 Å².